The monoisotopic (exact) mass is 1070 g/mol. The first-order valence-corrected chi connectivity index (χ1v) is 29.7. The Kier molecular flexibility index (Phi) is 11.0. The fourth-order valence-electron chi connectivity index (χ4n) is 12.5. The van der Waals surface area contributed by atoms with Crippen molar-refractivity contribution in [2.75, 3.05) is 9.80 Å². The Morgan fingerprint density at radius 1 is 0.412 bits per heavy atom. The molecule has 7 heteroatoms. The highest BCUT2D eigenvalue weighted by atomic mass is 32.1. The fourth-order valence-corrected chi connectivity index (χ4v) is 15.1. The maximum atomic E-state index is 6.74. The van der Waals surface area contributed by atoms with E-state index in [2.05, 4.69) is 271 Å². The molecule has 0 spiro atoms. The van der Waals surface area contributed by atoms with Gasteiger partial charge < -0.3 is 18.6 Å². The quantitative estimate of drug-likeness (QED) is 0.149. The van der Waals surface area contributed by atoms with Crippen molar-refractivity contribution in [2.24, 2.45) is 0 Å². The fraction of sp³-hybridized carbons (Fsp3) is 0.151. The molecule has 0 saturated heterocycles. The summed E-state index contributed by atoms with van der Waals surface area (Å²) in [5.74, 6) is 1.89. The molecule has 80 heavy (non-hydrogen) atoms. The first-order valence-electron chi connectivity index (χ1n) is 28.0. The van der Waals surface area contributed by atoms with Crippen molar-refractivity contribution >= 4 is 121 Å². The molecule has 0 unspecified atom stereocenters. The van der Waals surface area contributed by atoms with Gasteiger partial charge in [0.05, 0.1) is 22.7 Å². The Morgan fingerprint density at radius 2 is 0.838 bits per heavy atom. The smallest absolute Gasteiger partial charge is 0.277 e. The molecule has 0 radical (unpaired) electrons. The number of rotatable bonds is 7. The topological polar surface area (TPSA) is 32.8 Å². The summed E-state index contributed by atoms with van der Waals surface area (Å²) in [5.41, 5.74) is 20.6. The molecular weight excluding hydrogens is 1010 g/mol. The standard InChI is InChI=1S/C73H59BN2O2S2/c1-43(2)50-37-59-67-60(38-50)76(58-36-49(28-32-54(58)45-21-13-10-14-22-45)64-40-47-24-16-18-26-62(47)78-64)69-56-42-52(73(6,7)8)30-34-66(56)80-71(69)74(67)70-68(55-41-51(72(3,4)5)29-33-65(55)79-70)75(59)57-35-48(27-31-53(57)44-19-11-9-12-20-44)63-39-46-23-15-17-25-61(46)77-63/h9-43H,1-8H3. The second-order valence-electron chi connectivity index (χ2n) is 24.3. The van der Waals surface area contributed by atoms with E-state index in [9.17, 15) is 0 Å². The Morgan fingerprint density at radius 3 is 1.25 bits per heavy atom. The zero-order chi connectivity index (χ0) is 54.3. The SMILES string of the molecule is CC(C)c1cc2c3c(c1)N(c1cc(-c4cc5ccccc5o4)ccc1-c1ccccc1)c1c(sc4ccc(C(C)(C)C)cc14)B3c1sc3ccc(C(C)(C)C)cc3c1N2c1cc(-c2cc3ccccc3o2)ccc1-c1ccccc1. The van der Waals surface area contributed by atoms with Gasteiger partial charge in [-0.2, -0.15) is 0 Å². The van der Waals surface area contributed by atoms with Gasteiger partial charge in [-0.15, -0.1) is 22.7 Å². The molecular formula is C73H59BN2O2S2. The van der Waals surface area contributed by atoms with Crippen molar-refractivity contribution in [3.8, 4) is 44.9 Å². The third-order valence-electron chi connectivity index (χ3n) is 16.7. The van der Waals surface area contributed by atoms with Crippen molar-refractivity contribution in [3.05, 3.63) is 223 Å². The number of hydrogen-bond acceptors (Lipinski definition) is 6. The third-order valence-corrected chi connectivity index (χ3v) is 19.2. The van der Waals surface area contributed by atoms with E-state index in [0.29, 0.717) is 0 Å². The van der Waals surface area contributed by atoms with Gasteiger partial charge in [-0.1, -0.05) is 189 Å². The largest absolute Gasteiger partial charge is 0.456 e. The summed E-state index contributed by atoms with van der Waals surface area (Å²) in [6.45, 7) is 18.7. The summed E-state index contributed by atoms with van der Waals surface area (Å²) >= 11 is 3.93. The Bertz CT molecular complexity index is 4270. The minimum absolute atomic E-state index is 0.0675. The van der Waals surface area contributed by atoms with Crippen LogP contribution in [0, 0.1) is 0 Å². The van der Waals surface area contributed by atoms with E-state index in [1.807, 2.05) is 22.7 Å². The van der Waals surface area contributed by atoms with Gasteiger partial charge in [0.25, 0.3) is 6.71 Å². The molecule has 6 heterocycles. The molecule has 2 aliphatic heterocycles. The number of anilines is 6. The zero-order valence-electron chi connectivity index (χ0n) is 46.3. The summed E-state index contributed by atoms with van der Waals surface area (Å²) in [6.07, 6.45) is 0. The van der Waals surface area contributed by atoms with Gasteiger partial charge in [0.2, 0.25) is 0 Å². The number of para-hydroxylation sites is 2. The molecule has 0 bridgehead atoms. The lowest BCUT2D eigenvalue weighted by molar-refractivity contribution is 0.591. The lowest BCUT2D eigenvalue weighted by Gasteiger charge is -2.43. The van der Waals surface area contributed by atoms with E-state index in [-0.39, 0.29) is 23.5 Å². The number of fused-ring (bicyclic) bond motifs is 10. The van der Waals surface area contributed by atoms with Crippen LogP contribution in [0.3, 0.4) is 0 Å². The van der Waals surface area contributed by atoms with Crippen molar-refractivity contribution in [1.29, 1.82) is 0 Å². The average molecular weight is 1070 g/mol. The Balaban J connectivity index is 1.10. The van der Waals surface area contributed by atoms with Gasteiger partial charge in [-0.05, 0) is 123 Å². The molecule has 15 rings (SSSR count). The van der Waals surface area contributed by atoms with Crippen LogP contribution in [0.1, 0.15) is 78.0 Å². The van der Waals surface area contributed by atoms with Gasteiger partial charge in [-0.3, -0.25) is 0 Å². The Labute approximate surface area is 476 Å². The first-order chi connectivity index (χ1) is 38.7. The Hall–Kier alpha value is -8.36. The predicted molar refractivity (Wildman–Crippen MR) is 344 cm³/mol. The minimum Gasteiger partial charge on any atom is -0.456 e. The summed E-state index contributed by atoms with van der Waals surface area (Å²) in [6, 6.07) is 76.6. The highest BCUT2D eigenvalue weighted by Crippen LogP contribution is 2.55. The highest BCUT2D eigenvalue weighted by Gasteiger charge is 2.48. The van der Waals surface area contributed by atoms with Crippen LogP contribution in [0.5, 0.6) is 0 Å². The van der Waals surface area contributed by atoms with E-state index in [4.69, 9.17) is 8.83 Å². The van der Waals surface area contributed by atoms with Crippen LogP contribution in [0.25, 0.3) is 87.0 Å². The predicted octanol–water partition coefficient (Wildman–Crippen LogP) is 20.1. The maximum absolute atomic E-state index is 6.74. The molecule has 0 N–H and O–H groups in total. The summed E-state index contributed by atoms with van der Waals surface area (Å²) in [4.78, 5) is 5.35. The van der Waals surface area contributed by atoms with E-state index < -0.39 is 0 Å². The molecule has 0 amide bonds. The van der Waals surface area contributed by atoms with Gasteiger partial charge in [0.1, 0.15) is 22.7 Å². The molecule has 13 aromatic rings. The average Bonchev–Trinajstić information content (AvgIpc) is 4.35. The minimum atomic E-state index is -0.0725. The number of nitrogens with zero attached hydrogens (tertiary/aromatic N) is 2. The number of thiophene rings is 2. The number of furan rings is 2. The van der Waals surface area contributed by atoms with Gasteiger partial charge in [0.15, 0.2) is 0 Å². The molecule has 0 saturated carbocycles. The summed E-state index contributed by atoms with van der Waals surface area (Å²) in [5, 5.41) is 4.73. The van der Waals surface area contributed by atoms with Crippen LogP contribution in [0.4, 0.5) is 34.1 Å². The second-order valence-corrected chi connectivity index (χ2v) is 26.4. The van der Waals surface area contributed by atoms with Crippen molar-refractivity contribution < 1.29 is 8.83 Å². The maximum Gasteiger partial charge on any atom is 0.277 e. The van der Waals surface area contributed by atoms with E-state index in [1.54, 1.807) is 0 Å². The molecule has 2 aliphatic rings. The number of benzene rings is 9. The molecule has 4 nitrogen and oxygen atoms in total. The van der Waals surface area contributed by atoms with Crippen LogP contribution in [-0.2, 0) is 10.8 Å². The van der Waals surface area contributed by atoms with Gasteiger partial charge >= 0.3 is 0 Å². The lowest BCUT2D eigenvalue weighted by Crippen LogP contribution is -2.59. The highest BCUT2D eigenvalue weighted by molar-refractivity contribution is 7.40. The van der Waals surface area contributed by atoms with Crippen LogP contribution in [-0.4, -0.2) is 6.71 Å². The van der Waals surface area contributed by atoms with Gasteiger partial charge in [0, 0.05) is 74.1 Å². The summed E-state index contributed by atoms with van der Waals surface area (Å²) < 4.78 is 18.8. The lowest BCUT2D eigenvalue weighted by atomic mass is 9.39. The molecule has 388 valence electrons. The molecule has 0 atom stereocenters. The van der Waals surface area contributed by atoms with Crippen LogP contribution in [0.2, 0.25) is 0 Å². The van der Waals surface area contributed by atoms with Gasteiger partial charge in [-0.25, -0.2) is 0 Å². The molecule has 9 aromatic carbocycles. The van der Waals surface area contributed by atoms with E-state index >= 15 is 0 Å². The van der Waals surface area contributed by atoms with Crippen molar-refractivity contribution in [3.63, 3.8) is 0 Å². The van der Waals surface area contributed by atoms with E-state index in [0.717, 1.165) is 78.2 Å². The number of hydrogen-bond donors (Lipinski definition) is 0. The van der Waals surface area contributed by atoms with Crippen LogP contribution < -0.4 is 24.8 Å². The zero-order valence-corrected chi connectivity index (χ0v) is 47.9. The van der Waals surface area contributed by atoms with Crippen molar-refractivity contribution in [2.45, 2.75) is 72.1 Å². The normalized spacial score (nSPS) is 13.3. The second kappa shape index (κ2) is 18.1. The van der Waals surface area contributed by atoms with E-state index in [1.165, 1.54) is 74.6 Å². The molecule has 0 aliphatic carbocycles. The first kappa shape index (κ1) is 48.7. The van der Waals surface area contributed by atoms with Crippen molar-refractivity contribution in [1.82, 2.24) is 0 Å². The molecule has 4 aromatic heterocycles. The van der Waals surface area contributed by atoms with Crippen LogP contribution in [0.15, 0.2) is 215 Å². The van der Waals surface area contributed by atoms with Crippen LogP contribution >= 0.6 is 22.7 Å². The summed E-state index contributed by atoms with van der Waals surface area (Å²) in [7, 11) is 0. The third kappa shape index (κ3) is 7.76. The molecule has 0 fully saturated rings.